The molecule has 0 unspecified atom stereocenters. The maximum Gasteiger partial charge on any atom is 0.573 e. The number of pyridine rings is 1. The minimum Gasteiger partial charge on any atom is -0.480 e. The van der Waals surface area contributed by atoms with Crippen molar-refractivity contribution in [2.75, 3.05) is 19.5 Å². The third-order valence-corrected chi connectivity index (χ3v) is 5.28. The van der Waals surface area contributed by atoms with Crippen LogP contribution in [0, 0.1) is 0 Å². The van der Waals surface area contributed by atoms with Crippen LogP contribution in [0.3, 0.4) is 0 Å². The Kier molecular flexibility index (Phi) is 6.61. The highest BCUT2D eigenvalue weighted by Crippen LogP contribution is 2.37. The van der Waals surface area contributed by atoms with Crippen LogP contribution in [0.5, 0.6) is 17.6 Å². The number of rotatable bonds is 7. The number of alkyl halides is 3. The second-order valence-corrected chi connectivity index (χ2v) is 7.50. The topological polar surface area (TPSA) is 104 Å². The first-order valence-corrected chi connectivity index (χ1v) is 10.6. The van der Waals surface area contributed by atoms with Crippen LogP contribution in [-0.2, 0) is 0 Å². The molecule has 0 saturated carbocycles. The average Bonchev–Trinajstić information content (AvgIpc) is 2.82. The number of nitrogens with zero attached hydrogens (tertiary/aromatic N) is 3. The Morgan fingerprint density at radius 1 is 1.00 bits per heavy atom. The monoisotopic (exact) mass is 489 g/mol. The Morgan fingerprint density at radius 2 is 1.82 bits per heavy atom. The molecule has 3 N–H and O–H groups in total. The minimum atomic E-state index is -4.79. The van der Waals surface area contributed by atoms with Gasteiger partial charge in [0.1, 0.15) is 5.75 Å². The number of anilines is 2. The molecule has 0 aliphatic heterocycles. The second-order valence-electron chi connectivity index (χ2n) is 6.83. The number of ether oxygens (including phenoxy) is 3. The standard InChI is InChI=1S/C22H18F3N5O3S/c1-31-20-16(10-28-21(30-20)32-2)12-6-7-15-17(8-12)27-11-18(34-26)19(15)29-13-4-3-5-14(9-13)33-22(23,24)25/h3-11H,26H2,1-2H3,(H,27,29). The summed E-state index contributed by atoms with van der Waals surface area (Å²) in [4.78, 5) is 13.4. The number of nitrogens with one attached hydrogen (secondary N) is 1. The highest BCUT2D eigenvalue weighted by atomic mass is 32.2. The number of methoxy groups -OCH3 is 2. The Balaban J connectivity index is 1.75. The van der Waals surface area contributed by atoms with E-state index in [1.54, 1.807) is 18.5 Å². The van der Waals surface area contributed by atoms with Crippen LogP contribution in [0.1, 0.15) is 0 Å². The zero-order valence-corrected chi connectivity index (χ0v) is 18.7. The van der Waals surface area contributed by atoms with E-state index >= 15 is 0 Å². The van der Waals surface area contributed by atoms with E-state index < -0.39 is 6.36 Å². The predicted octanol–water partition coefficient (Wildman–Crippen LogP) is 5.32. The highest BCUT2D eigenvalue weighted by molar-refractivity contribution is 7.97. The Bertz CT molecular complexity index is 1340. The van der Waals surface area contributed by atoms with Gasteiger partial charge in [-0.25, -0.2) is 4.98 Å². The quantitative estimate of drug-likeness (QED) is 0.334. The van der Waals surface area contributed by atoms with Gasteiger partial charge in [0.05, 0.1) is 35.9 Å². The molecule has 4 rings (SSSR count). The zero-order valence-electron chi connectivity index (χ0n) is 17.9. The summed E-state index contributed by atoms with van der Waals surface area (Å²) >= 11 is 0.964. The van der Waals surface area contributed by atoms with Gasteiger partial charge < -0.3 is 19.5 Å². The van der Waals surface area contributed by atoms with Gasteiger partial charge >= 0.3 is 12.4 Å². The van der Waals surface area contributed by atoms with Crippen LogP contribution in [0.4, 0.5) is 24.5 Å². The summed E-state index contributed by atoms with van der Waals surface area (Å²) in [6.07, 6.45) is -1.62. The summed E-state index contributed by atoms with van der Waals surface area (Å²) in [6, 6.07) is 11.2. The van der Waals surface area contributed by atoms with Crippen LogP contribution in [0.2, 0.25) is 0 Å². The lowest BCUT2D eigenvalue weighted by Gasteiger charge is -2.15. The van der Waals surface area contributed by atoms with E-state index in [4.69, 9.17) is 14.6 Å². The van der Waals surface area contributed by atoms with Crippen molar-refractivity contribution in [2.45, 2.75) is 11.3 Å². The van der Waals surface area contributed by atoms with E-state index in [1.807, 2.05) is 18.2 Å². The normalized spacial score (nSPS) is 11.4. The molecule has 34 heavy (non-hydrogen) atoms. The maximum absolute atomic E-state index is 12.6. The van der Waals surface area contributed by atoms with E-state index in [0.29, 0.717) is 38.6 Å². The highest BCUT2D eigenvalue weighted by Gasteiger charge is 2.31. The van der Waals surface area contributed by atoms with Crippen molar-refractivity contribution in [3.05, 3.63) is 54.9 Å². The van der Waals surface area contributed by atoms with Crippen molar-refractivity contribution in [3.63, 3.8) is 0 Å². The number of fused-ring (bicyclic) bond motifs is 1. The molecule has 4 aromatic rings. The van der Waals surface area contributed by atoms with Crippen LogP contribution in [-0.4, -0.2) is 35.5 Å². The molecule has 0 bridgehead atoms. The van der Waals surface area contributed by atoms with E-state index in [0.717, 1.165) is 17.5 Å². The molecular formula is C22H18F3N5O3S. The summed E-state index contributed by atoms with van der Waals surface area (Å²) in [5, 5.41) is 9.65. The van der Waals surface area contributed by atoms with Crippen LogP contribution in [0.15, 0.2) is 59.8 Å². The third kappa shape index (κ3) is 5.07. The fourth-order valence-corrected chi connectivity index (χ4v) is 3.67. The number of hydrogen-bond donors (Lipinski definition) is 2. The van der Waals surface area contributed by atoms with Crippen LogP contribution in [0.25, 0.3) is 22.0 Å². The molecule has 2 aromatic heterocycles. The molecule has 0 fully saturated rings. The molecule has 0 aliphatic carbocycles. The van der Waals surface area contributed by atoms with Crippen molar-refractivity contribution in [3.8, 4) is 28.8 Å². The lowest BCUT2D eigenvalue weighted by atomic mass is 10.0. The molecule has 0 atom stereocenters. The Hall–Kier alpha value is -3.77. The number of halogens is 3. The molecule has 0 spiro atoms. The van der Waals surface area contributed by atoms with Gasteiger partial charge in [-0.1, -0.05) is 18.2 Å². The van der Waals surface area contributed by atoms with Crippen molar-refractivity contribution < 1.29 is 27.4 Å². The van der Waals surface area contributed by atoms with Gasteiger partial charge in [0.2, 0.25) is 5.88 Å². The summed E-state index contributed by atoms with van der Waals surface area (Å²) in [5.74, 6) is -0.00753. The van der Waals surface area contributed by atoms with Gasteiger partial charge in [-0.3, -0.25) is 10.1 Å². The number of benzene rings is 2. The average molecular weight is 489 g/mol. The fourth-order valence-electron chi connectivity index (χ4n) is 3.28. The molecule has 0 amide bonds. The molecule has 2 heterocycles. The summed E-state index contributed by atoms with van der Waals surface area (Å²) in [5.41, 5.74) is 2.97. The fraction of sp³-hybridized carbons (Fsp3) is 0.136. The van der Waals surface area contributed by atoms with E-state index in [-0.39, 0.29) is 11.8 Å². The largest absolute Gasteiger partial charge is 0.573 e. The summed E-state index contributed by atoms with van der Waals surface area (Å²) in [6.45, 7) is 0. The van der Waals surface area contributed by atoms with Gasteiger partial charge in [0.15, 0.2) is 0 Å². The molecular weight excluding hydrogens is 471 g/mol. The van der Waals surface area contributed by atoms with Gasteiger partial charge in [-0.2, -0.15) is 4.98 Å². The second kappa shape index (κ2) is 9.61. The Labute approximate surface area is 196 Å². The van der Waals surface area contributed by atoms with E-state index in [1.165, 1.54) is 32.4 Å². The molecule has 12 heteroatoms. The van der Waals surface area contributed by atoms with E-state index in [2.05, 4.69) is 25.0 Å². The lowest BCUT2D eigenvalue weighted by Crippen LogP contribution is -2.17. The first kappa shape index (κ1) is 23.4. The van der Waals surface area contributed by atoms with Crippen LogP contribution < -0.4 is 24.7 Å². The zero-order chi connectivity index (χ0) is 24.3. The first-order valence-electron chi connectivity index (χ1n) is 9.69. The third-order valence-electron chi connectivity index (χ3n) is 4.72. The Morgan fingerprint density at radius 3 is 2.53 bits per heavy atom. The molecule has 0 aliphatic rings. The number of hydrogen-bond acceptors (Lipinski definition) is 9. The SMILES string of the molecule is COc1ncc(-c2ccc3c(Nc4cccc(OC(F)(F)F)c4)c(SN)cnc3c2)c(OC)n1. The maximum atomic E-state index is 12.6. The lowest BCUT2D eigenvalue weighted by molar-refractivity contribution is -0.274. The molecule has 176 valence electrons. The smallest absolute Gasteiger partial charge is 0.480 e. The van der Waals surface area contributed by atoms with Gasteiger partial charge in [0.25, 0.3) is 0 Å². The summed E-state index contributed by atoms with van der Waals surface area (Å²) in [7, 11) is 2.95. The van der Waals surface area contributed by atoms with Gasteiger partial charge in [-0.05, 0) is 35.7 Å². The predicted molar refractivity (Wildman–Crippen MR) is 122 cm³/mol. The minimum absolute atomic E-state index is 0.173. The number of nitrogens with two attached hydrogens (primary N) is 1. The molecule has 8 nitrogen and oxygen atoms in total. The van der Waals surface area contributed by atoms with Crippen molar-refractivity contribution in [1.29, 1.82) is 0 Å². The van der Waals surface area contributed by atoms with E-state index in [9.17, 15) is 13.2 Å². The molecule has 2 aromatic carbocycles. The van der Waals surface area contributed by atoms with Crippen molar-refractivity contribution in [2.24, 2.45) is 5.14 Å². The first-order chi connectivity index (χ1) is 16.3. The summed E-state index contributed by atoms with van der Waals surface area (Å²) < 4.78 is 52.2. The van der Waals surface area contributed by atoms with Gasteiger partial charge in [0, 0.05) is 29.5 Å². The number of aromatic nitrogens is 3. The van der Waals surface area contributed by atoms with Crippen molar-refractivity contribution >= 4 is 34.2 Å². The van der Waals surface area contributed by atoms with Gasteiger partial charge in [-0.15, -0.1) is 13.2 Å². The van der Waals surface area contributed by atoms with Crippen LogP contribution >= 0.6 is 11.9 Å². The van der Waals surface area contributed by atoms with Crippen molar-refractivity contribution in [1.82, 2.24) is 15.0 Å². The molecule has 0 saturated heterocycles. The molecule has 0 radical (unpaired) electrons.